The van der Waals surface area contributed by atoms with E-state index in [-0.39, 0.29) is 13.0 Å². The predicted molar refractivity (Wildman–Crippen MR) is 140 cm³/mol. The van der Waals surface area contributed by atoms with Crippen LogP contribution in [0, 0.1) is 0 Å². The van der Waals surface area contributed by atoms with E-state index in [0.29, 0.717) is 35.8 Å². The van der Waals surface area contributed by atoms with Crippen molar-refractivity contribution in [1.29, 1.82) is 0 Å². The number of pyridine rings is 1. The third-order valence-electron chi connectivity index (χ3n) is 6.07. The number of hydrogen-bond acceptors (Lipinski definition) is 6. The molecule has 0 amide bonds. The first-order valence-electron chi connectivity index (χ1n) is 11.9. The number of para-hydroxylation sites is 1. The van der Waals surface area contributed by atoms with Gasteiger partial charge in [0.2, 0.25) is 0 Å². The molecule has 0 saturated heterocycles. The Morgan fingerprint density at radius 1 is 0.892 bits per heavy atom. The number of benzene rings is 3. The van der Waals surface area contributed by atoms with Gasteiger partial charge >= 0.3 is 5.97 Å². The molecule has 0 bridgehead atoms. The molecule has 5 aromatic rings. The maximum Gasteiger partial charge on any atom is 0.307 e. The number of carbonyl (C=O) groups is 1. The predicted octanol–water partition coefficient (Wildman–Crippen LogP) is 5.74. The van der Waals surface area contributed by atoms with Crippen molar-refractivity contribution in [3.63, 3.8) is 0 Å². The van der Waals surface area contributed by atoms with Gasteiger partial charge in [0.15, 0.2) is 0 Å². The van der Waals surface area contributed by atoms with Gasteiger partial charge in [-0.05, 0) is 53.1 Å². The molecule has 0 aliphatic rings. The Bertz CT molecular complexity index is 1530. The van der Waals surface area contributed by atoms with E-state index in [1.165, 1.54) is 0 Å². The molecule has 3 aromatic carbocycles. The maximum absolute atomic E-state index is 11.3. The first-order chi connectivity index (χ1) is 18.1. The number of aliphatic carboxylic acids is 1. The van der Waals surface area contributed by atoms with Gasteiger partial charge in [0.05, 0.1) is 18.1 Å². The summed E-state index contributed by atoms with van der Waals surface area (Å²) in [5.74, 6) is 0.248. The highest BCUT2D eigenvalue weighted by molar-refractivity contribution is 5.97. The van der Waals surface area contributed by atoms with Gasteiger partial charge in [0, 0.05) is 35.6 Å². The van der Waals surface area contributed by atoms with E-state index < -0.39 is 5.97 Å². The van der Waals surface area contributed by atoms with Crippen LogP contribution < -0.4 is 15.2 Å². The highest BCUT2D eigenvalue weighted by Crippen LogP contribution is 2.39. The number of ether oxygens (including phenoxy) is 2. The van der Waals surface area contributed by atoms with E-state index in [0.717, 1.165) is 33.2 Å². The quantitative estimate of drug-likeness (QED) is 0.255. The lowest BCUT2D eigenvalue weighted by Gasteiger charge is -2.17. The summed E-state index contributed by atoms with van der Waals surface area (Å²) in [6, 6.07) is 22.9. The van der Waals surface area contributed by atoms with Gasteiger partial charge in [-0.15, -0.1) is 0 Å². The lowest BCUT2D eigenvalue weighted by molar-refractivity contribution is -0.136. The van der Waals surface area contributed by atoms with Crippen LogP contribution in [0.5, 0.6) is 11.5 Å². The van der Waals surface area contributed by atoms with E-state index in [9.17, 15) is 9.90 Å². The smallest absolute Gasteiger partial charge is 0.307 e. The molecule has 0 aliphatic carbocycles. The fraction of sp³-hybridized carbons (Fsp3) is 0.133. The number of carboxylic acids is 1. The molecule has 0 radical (unpaired) electrons. The summed E-state index contributed by atoms with van der Waals surface area (Å²) in [4.78, 5) is 15.4. The number of rotatable bonds is 10. The summed E-state index contributed by atoms with van der Waals surface area (Å²) in [7, 11) is 0. The normalized spacial score (nSPS) is 10.9. The molecule has 0 unspecified atom stereocenters. The average molecular weight is 495 g/mol. The Balaban J connectivity index is 1.56. The van der Waals surface area contributed by atoms with E-state index >= 15 is 0 Å². The molecule has 0 spiro atoms. The van der Waals surface area contributed by atoms with Crippen molar-refractivity contribution in [1.82, 2.24) is 4.98 Å². The van der Waals surface area contributed by atoms with Crippen LogP contribution in [-0.4, -0.2) is 16.1 Å². The van der Waals surface area contributed by atoms with Crippen molar-refractivity contribution >= 4 is 16.9 Å². The van der Waals surface area contributed by atoms with Gasteiger partial charge in [-0.1, -0.05) is 36.4 Å². The van der Waals surface area contributed by atoms with Crippen molar-refractivity contribution in [3.05, 3.63) is 114 Å². The third-order valence-corrected chi connectivity index (χ3v) is 6.07. The Morgan fingerprint density at radius 2 is 1.73 bits per heavy atom. The SMILES string of the molecule is NCc1cccc(-c2cc(COc3ccccc3CC(=O)O)c(OCc3ccncc3)c3ccoc23)c1. The third kappa shape index (κ3) is 5.47. The number of carboxylic acid groups (broad SMARTS) is 1. The fourth-order valence-corrected chi connectivity index (χ4v) is 4.28. The van der Waals surface area contributed by atoms with Crippen LogP contribution in [0.15, 0.2) is 95.9 Å². The van der Waals surface area contributed by atoms with Crippen LogP contribution in [0.3, 0.4) is 0 Å². The van der Waals surface area contributed by atoms with Gasteiger partial charge in [-0.25, -0.2) is 0 Å². The molecule has 37 heavy (non-hydrogen) atoms. The minimum atomic E-state index is -0.917. The standard InChI is InChI=1S/C30H26N2O5/c31-17-21-4-3-6-22(14-21)26-15-24(19-36-27-7-2-1-5-23(27)16-28(33)34)29(25-10-13-35-30(25)26)37-18-20-8-11-32-12-9-20/h1-15H,16-19,31H2,(H,33,34). The number of nitrogens with zero attached hydrogens (tertiary/aromatic N) is 1. The number of aromatic nitrogens is 1. The van der Waals surface area contributed by atoms with Crippen molar-refractivity contribution < 1.29 is 23.8 Å². The molecule has 2 aromatic heterocycles. The van der Waals surface area contributed by atoms with Crippen molar-refractivity contribution in [2.24, 2.45) is 5.73 Å². The molecule has 0 fully saturated rings. The summed E-state index contributed by atoms with van der Waals surface area (Å²) in [5, 5.41) is 10.1. The van der Waals surface area contributed by atoms with E-state index in [1.54, 1.807) is 36.9 Å². The molecule has 0 aliphatic heterocycles. The molecule has 186 valence electrons. The molecule has 3 N–H and O–H groups in total. The maximum atomic E-state index is 11.3. The molecule has 0 saturated carbocycles. The second-order valence-electron chi connectivity index (χ2n) is 8.59. The van der Waals surface area contributed by atoms with E-state index in [2.05, 4.69) is 4.98 Å². The molecular formula is C30H26N2O5. The van der Waals surface area contributed by atoms with E-state index in [4.69, 9.17) is 19.6 Å². The lowest BCUT2D eigenvalue weighted by atomic mass is 9.98. The minimum absolute atomic E-state index is 0.126. The average Bonchev–Trinajstić information content (AvgIpc) is 3.41. The number of hydrogen-bond donors (Lipinski definition) is 2. The van der Waals surface area contributed by atoms with Crippen molar-refractivity contribution in [2.75, 3.05) is 0 Å². The molecule has 0 atom stereocenters. The highest BCUT2D eigenvalue weighted by atomic mass is 16.5. The zero-order chi connectivity index (χ0) is 25.6. The zero-order valence-electron chi connectivity index (χ0n) is 20.1. The van der Waals surface area contributed by atoms with E-state index in [1.807, 2.05) is 54.6 Å². The first-order valence-corrected chi connectivity index (χ1v) is 11.9. The second kappa shape index (κ2) is 11.0. The van der Waals surface area contributed by atoms with Crippen LogP contribution >= 0.6 is 0 Å². The Kier molecular flexibility index (Phi) is 7.14. The van der Waals surface area contributed by atoms with Crippen LogP contribution in [0.4, 0.5) is 0 Å². The summed E-state index contributed by atoms with van der Waals surface area (Å²) in [5.41, 5.74) is 11.9. The molecular weight excluding hydrogens is 468 g/mol. The molecule has 7 nitrogen and oxygen atoms in total. The Morgan fingerprint density at radius 3 is 2.54 bits per heavy atom. The topological polar surface area (TPSA) is 108 Å². The highest BCUT2D eigenvalue weighted by Gasteiger charge is 2.19. The zero-order valence-corrected chi connectivity index (χ0v) is 20.1. The Hall–Kier alpha value is -4.62. The molecule has 5 rings (SSSR count). The first kappa shape index (κ1) is 24.1. The van der Waals surface area contributed by atoms with Crippen LogP contribution in [0.2, 0.25) is 0 Å². The van der Waals surface area contributed by atoms with Gasteiger partial charge in [-0.3, -0.25) is 9.78 Å². The van der Waals surface area contributed by atoms with Crippen LogP contribution in [0.25, 0.3) is 22.1 Å². The number of furan rings is 1. The second-order valence-corrected chi connectivity index (χ2v) is 8.59. The lowest BCUT2D eigenvalue weighted by Crippen LogP contribution is -2.06. The fourth-order valence-electron chi connectivity index (χ4n) is 4.28. The van der Waals surface area contributed by atoms with Crippen LogP contribution in [-0.2, 0) is 31.0 Å². The van der Waals surface area contributed by atoms with Gasteiger partial charge in [-0.2, -0.15) is 0 Å². The summed E-state index contributed by atoms with van der Waals surface area (Å²) in [6.07, 6.45) is 4.97. The Labute approximate surface area is 214 Å². The summed E-state index contributed by atoms with van der Waals surface area (Å²) >= 11 is 0. The van der Waals surface area contributed by atoms with Gasteiger partial charge < -0.3 is 24.7 Å². The summed E-state index contributed by atoms with van der Waals surface area (Å²) < 4.78 is 18.4. The monoisotopic (exact) mass is 494 g/mol. The number of fused-ring (bicyclic) bond motifs is 1. The molecule has 2 heterocycles. The number of nitrogens with two attached hydrogens (primary N) is 1. The van der Waals surface area contributed by atoms with Gasteiger partial charge in [0.25, 0.3) is 0 Å². The molecule has 7 heteroatoms. The van der Waals surface area contributed by atoms with Crippen molar-refractivity contribution in [3.8, 4) is 22.6 Å². The van der Waals surface area contributed by atoms with Crippen LogP contribution in [0.1, 0.15) is 22.3 Å². The van der Waals surface area contributed by atoms with Gasteiger partial charge in [0.1, 0.15) is 30.3 Å². The minimum Gasteiger partial charge on any atom is -0.488 e. The summed E-state index contributed by atoms with van der Waals surface area (Å²) in [6.45, 7) is 0.943. The van der Waals surface area contributed by atoms with Crippen molar-refractivity contribution in [2.45, 2.75) is 26.2 Å². The largest absolute Gasteiger partial charge is 0.488 e.